The maximum Gasteiger partial charge on any atom is 0.344 e. The van der Waals surface area contributed by atoms with Gasteiger partial charge in [0, 0.05) is 11.6 Å². The second-order valence-electron chi connectivity index (χ2n) is 6.66. The molecule has 0 fully saturated rings. The third-order valence-electron chi connectivity index (χ3n) is 4.41. The van der Waals surface area contributed by atoms with Crippen LogP contribution < -0.4 is 5.32 Å². The molecule has 30 heavy (non-hydrogen) atoms. The van der Waals surface area contributed by atoms with Gasteiger partial charge in [-0.3, -0.25) is 14.9 Å². The number of rotatable bonds is 6. The molecule has 0 radical (unpaired) electrons. The molecule has 0 aliphatic rings. The number of hydrogen-bond donors (Lipinski definition) is 1. The molecule has 1 heterocycles. The van der Waals surface area contributed by atoms with Crippen molar-refractivity contribution >= 4 is 23.3 Å². The van der Waals surface area contributed by atoms with Gasteiger partial charge in [0.2, 0.25) is 6.10 Å². The van der Waals surface area contributed by atoms with E-state index in [2.05, 4.69) is 10.5 Å². The Morgan fingerprint density at radius 1 is 1.13 bits per heavy atom. The normalized spacial score (nSPS) is 11.6. The number of hydrogen-bond acceptors (Lipinski definition) is 7. The van der Waals surface area contributed by atoms with E-state index in [4.69, 9.17) is 9.26 Å². The molecule has 0 aliphatic carbocycles. The molecule has 0 saturated carbocycles. The maximum absolute atomic E-state index is 13.0. The second kappa shape index (κ2) is 8.56. The van der Waals surface area contributed by atoms with Gasteiger partial charge in [-0.2, -0.15) is 0 Å². The number of carbonyl (C=O) groups is 2. The summed E-state index contributed by atoms with van der Waals surface area (Å²) >= 11 is 0. The van der Waals surface area contributed by atoms with Gasteiger partial charge in [0.15, 0.2) is 0 Å². The first-order chi connectivity index (χ1) is 14.3. The lowest BCUT2D eigenvalue weighted by Crippen LogP contribution is -2.26. The number of anilines is 1. The number of aromatic nitrogens is 1. The molecule has 1 N–H and O–H groups in total. The zero-order valence-corrected chi connectivity index (χ0v) is 16.5. The van der Waals surface area contributed by atoms with Crippen LogP contribution >= 0.6 is 0 Å². The largest absolute Gasteiger partial charge is 0.444 e. The fraction of sp³-hybridized carbons (Fsp3) is 0.190. The van der Waals surface area contributed by atoms with Crippen LogP contribution in [-0.4, -0.2) is 22.0 Å². The van der Waals surface area contributed by atoms with Crippen molar-refractivity contribution in [2.45, 2.75) is 26.9 Å². The molecule has 154 valence electrons. The Bertz CT molecular complexity index is 1090. The van der Waals surface area contributed by atoms with Crippen molar-refractivity contribution in [2.24, 2.45) is 0 Å². The fourth-order valence-corrected chi connectivity index (χ4v) is 2.94. The van der Waals surface area contributed by atoms with Crippen LogP contribution in [0.25, 0.3) is 0 Å². The Hall–Kier alpha value is -4.01. The van der Waals surface area contributed by atoms with E-state index in [9.17, 15) is 19.7 Å². The first kappa shape index (κ1) is 20.7. The minimum atomic E-state index is -1.34. The van der Waals surface area contributed by atoms with Crippen molar-refractivity contribution in [1.82, 2.24) is 5.16 Å². The number of esters is 1. The van der Waals surface area contributed by atoms with Crippen LogP contribution in [0, 0.1) is 30.9 Å². The van der Waals surface area contributed by atoms with Crippen LogP contribution in [0.1, 0.15) is 39.0 Å². The van der Waals surface area contributed by atoms with Gasteiger partial charge in [0.05, 0.1) is 10.6 Å². The lowest BCUT2D eigenvalue weighted by atomic mass is 10.1. The first-order valence-corrected chi connectivity index (χ1v) is 9.02. The van der Waals surface area contributed by atoms with Crippen molar-refractivity contribution in [2.75, 3.05) is 5.32 Å². The van der Waals surface area contributed by atoms with E-state index in [0.717, 1.165) is 0 Å². The van der Waals surface area contributed by atoms with Gasteiger partial charge in [0.1, 0.15) is 17.0 Å². The van der Waals surface area contributed by atoms with E-state index >= 15 is 0 Å². The highest BCUT2D eigenvalue weighted by atomic mass is 16.6. The Labute approximate surface area is 171 Å². The van der Waals surface area contributed by atoms with E-state index in [1.807, 2.05) is 0 Å². The SMILES string of the molecule is Cc1ccc(NC(=O)[C@H](OC(=O)c2c(C)noc2C)c2ccccc2)c([N+](=O)[O-])c1. The van der Waals surface area contributed by atoms with Gasteiger partial charge < -0.3 is 14.6 Å². The van der Waals surface area contributed by atoms with Crippen LogP contribution in [0.3, 0.4) is 0 Å². The highest BCUT2D eigenvalue weighted by Crippen LogP contribution is 2.28. The van der Waals surface area contributed by atoms with E-state index in [1.54, 1.807) is 57.2 Å². The predicted octanol–water partition coefficient (Wildman–Crippen LogP) is 4.04. The highest BCUT2D eigenvalue weighted by molar-refractivity contribution is 5.99. The molecule has 1 aromatic heterocycles. The van der Waals surface area contributed by atoms with E-state index in [0.29, 0.717) is 16.8 Å². The first-order valence-electron chi connectivity index (χ1n) is 9.02. The lowest BCUT2D eigenvalue weighted by Gasteiger charge is -2.18. The molecule has 1 amide bonds. The van der Waals surface area contributed by atoms with E-state index in [-0.39, 0.29) is 22.7 Å². The summed E-state index contributed by atoms with van der Waals surface area (Å²) in [6.45, 7) is 4.85. The van der Waals surface area contributed by atoms with Crippen molar-refractivity contribution in [3.8, 4) is 0 Å². The molecule has 3 rings (SSSR count). The molecular formula is C21H19N3O6. The van der Waals surface area contributed by atoms with Gasteiger partial charge >= 0.3 is 5.97 Å². The Morgan fingerprint density at radius 3 is 2.43 bits per heavy atom. The number of nitro groups is 1. The highest BCUT2D eigenvalue weighted by Gasteiger charge is 2.30. The quantitative estimate of drug-likeness (QED) is 0.370. The summed E-state index contributed by atoms with van der Waals surface area (Å²) in [5.74, 6) is -1.25. The fourth-order valence-electron chi connectivity index (χ4n) is 2.94. The Kier molecular flexibility index (Phi) is 5.91. The zero-order chi connectivity index (χ0) is 21.8. The molecule has 0 saturated heterocycles. The van der Waals surface area contributed by atoms with Crippen LogP contribution in [-0.2, 0) is 9.53 Å². The number of aryl methyl sites for hydroxylation is 3. The molecule has 0 bridgehead atoms. The average molecular weight is 409 g/mol. The summed E-state index contributed by atoms with van der Waals surface area (Å²) in [6.07, 6.45) is -1.34. The van der Waals surface area contributed by atoms with Crippen LogP contribution in [0.2, 0.25) is 0 Å². The summed E-state index contributed by atoms with van der Waals surface area (Å²) in [5, 5.41) is 17.6. The van der Waals surface area contributed by atoms with Gasteiger partial charge in [-0.15, -0.1) is 0 Å². The second-order valence-corrected chi connectivity index (χ2v) is 6.66. The minimum absolute atomic E-state index is 0.00455. The van der Waals surface area contributed by atoms with Gasteiger partial charge in [-0.05, 0) is 32.4 Å². The molecule has 9 heteroatoms. The molecule has 2 aromatic carbocycles. The number of nitrogens with zero attached hydrogens (tertiary/aromatic N) is 2. The summed E-state index contributed by atoms with van der Waals surface area (Å²) in [7, 11) is 0. The monoisotopic (exact) mass is 409 g/mol. The third kappa shape index (κ3) is 4.35. The van der Waals surface area contributed by atoms with E-state index in [1.165, 1.54) is 12.1 Å². The minimum Gasteiger partial charge on any atom is -0.444 e. The summed E-state index contributed by atoms with van der Waals surface area (Å²) < 4.78 is 10.5. The summed E-state index contributed by atoms with van der Waals surface area (Å²) in [6, 6.07) is 12.8. The molecular weight excluding hydrogens is 390 g/mol. The average Bonchev–Trinajstić information content (AvgIpc) is 3.06. The maximum atomic E-state index is 13.0. The van der Waals surface area contributed by atoms with Crippen molar-refractivity contribution < 1.29 is 23.8 Å². The number of amides is 1. The van der Waals surface area contributed by atoms with Crippen LogP contribution in [0.5, 0.6) is 0 Å². The number of nitrogens with one attached hydrogen (secondary N) is 1. The molecule has 0 spiro atoms. The lowest BCUT2D eigenvalue weighted by molar-refractivity contribution is -0.384. The third-order valence-corrected chi connectivity index (χ3v) is 4.41. The predicted molar refractivity (Wildman–Crippen MR) is 107 cm³/mol. The van der Waals surface area contributed by atoms with Crippen LogP contribution in [0.15, 0.2) is 53.1 Å². The Morgan fingerprint density at radius 2 is 1.83 bits per heavy atom. The van der Waals surface area contributed by atoms with Gasteiger partial charge in [0.25, 0.3) is 11.6 Å². The Balaban J connectivity index is 1.93. The smallest absolute Gasteiger partial charge is 0.344 e. The van der Waals surface area contributed by atoms with Crippen molar-refractivity contribution in [3.63, 3.8) is 0 Å². The number of ether oxygens (including phenoxy) is 1. The number of carbonyl (C=O) groups excluding carboxylic acids is 2. The van der Waals surface area contributed by atoms with Crippen LogP contribution in [0.4, 0.5) is 11.4 Å². The molecule has 1 atom stereocenters. The van der Waals surface area contributed by atoms with Gasteiger partial charge in [-0.1, -0.05) is 41.6 Å². The molecule has 0 aliphatic heterocycles. The molecule has 0 unspecified atom stereocenters. The summed E-state index contributed by atoms with van der Waals surface area (Å²) in [5.41, 5.74) is 1.29. The molecule has 9 nitrogen and oxygen atoms in total. The topological polar surface area (TPSA) is 125 Å². The van der Waals surface area contributed by atoms with Crippen molar-refractivity contribution in [3.05, 3.63) is 86.8 Å². The summed E-state index contributed by atoms with van der Waals surface area (Å²) in [4.78, 5) is 36.5. The van der Waals surface area contributed by atoms with Gasteiger partial charge in [-0.25, -0.2) is 4.79 Å². The van der Waals surface area contributed by atoms with E-state index < -0.39 is 22.9 Å². The molecule has 3 aromatic rings. The standard InChI is InChI=1S/C21H19N3O6/c1-12-9-10-16(17(11-12)24(27)28)22-20(25)19(15-7-5-4-6-8-15)29-21(26)18-13(2)23-30-14(18)3/h4-11,19H,1-3H3,(H,22,25)/t19-/m1/s1. The number of nitro benzene ring substituents is 1. The van der Waals surface area contributed by atoms with Crippen molar-refractivity contribution in [1.29, 1.82) is 0 Å². The number of benzene rings is 2. The zero-order valence-electron chi connectivity index (χ0n) is 16.5.